The zero-order chi connectivity index (χ0) is 35.2. The molecule has 0 aliphatic rings. The van der Waals surface area contributed by atoms with Gasteiger partial charge in [0, 0.05) is 74.3 Å². The molecule has 0 saturated carbocycles. The molecule has 44 heavy (non-hydrogen) atoms. The van der Waals surface area contributed by atoms with Crippen LogP contribution in [-0.2, 0) is 57.5 Å². The molecule has 0 radical (unpaired) electrons. The molecule has 0 aliphatic carbocycles. The molecule has 0 aromatic rings. The van der Waals surface area contributed by atoms with Crippen molar-refractivity contribution in [1.82, 2.24) is 0 Å². The summed E-state index contributed by atoms with van der Waals surface area (Å²) in [4.78, 5) is 116. The van der Waals surface area contributed by atoms with Crippen molar-refractivity contribution in [2.24, 2.45) is 0 Å². The van der Waals surface area contributed by atoms with Gasteiger partial charge in [0.1, 0.15) is 34.7 Å². The number of Topliss-reactive ketones (excluding diaryl/α,β-unsaturated/α-hetero) is 6. The minimum absolute atomic E-state index is 0. The van der Waals surface area contributed by atoms with Crippen LogP contribution in [0, 0.1) is 0 Å². The molecule has 18 nitrogen and oxygen atoms in total. The molecular formula is C24H30Al2O18. The molecule has 0 fully saturated rings. The third kappa shape index (κ3) is 130. The van der Waals surface area contributed by atoms with E-state index in [0.717, 1.165) is 0 Å². The zero-order valence-electron chi connectivity index (χ0n) is 24.7. The van der Waals surface area contributed by atoms with E-state index < -0.39 is 74.3 Å². The van der Waals surface area contributed by atoms with E-state index in [1.807, 2.05) is 0 Å². The maximum atomic E-state index is 9.83. The summed E-state index contributed by atoms with van der Waals surface area (Å²) in [6.45, 7) is 7.22. The van der Waals surface area contributed by atoms with Crippen molar-refractivity contribution in [3.8, 4) is 0 Å². The third-order valence-corrected chi connectivity index (χ3v) is 2.36. The van der Waals surface area contributed by atoms with Gasteiger partial charge in [-0.3, -0.25) is 28.8 Å². The number of hydrogen-bond donors (Lipinski definition) is 0. The van der Waals surface area contributed by atoms with E-state index >= 15 is 0 Å². The molecule has 0 heterocycles. The van der Waals surface area contributed by atoms with Crippen molar-refractivity contribution in [3.63, 3.8) is 0 Å². The molecule has 0 amide bonds. The van der Waals surface area contributed by atoms with Crippen LogP contribution in [0.2, 0.25) is 0 Å². The number of carboxylic acid groups (broad SMARTS) is 6. The summed E-state index contributed by atoms with van der Waals surface area (Å²) in [5.41, 5.74) is 0. The van der Waals surface area contributed by atoms with Crippen LogP contribution in [0.1, 0.15) is 80.1 Å². The minimum Gasteiger partial charge on any atom is -0.550 e. The first kappa shape index (κ1) is 59.3. The van der Waals surface area contributed by atoms with Crippen LogP contribution in [-0.4, -0.2) is 105 Å². The monoisotopic (exact) mass is 660 g/mol. The number of hydrogen-bond acceptors (Lipinski definition) is 18. The Morgan fingerprint density at radius 2 is 0.341 bits per heavy atom. The molecule has 0 unspecified atom stereocenters. The number of carbonyl (C=O) groups excluding carboxylic acids is 12. The molecule has 0 aromatic heterocycles. The first-order valence-corrected chi connectivity index (χ1v) is 10.9. The summed E-state index contributed by atoms with van der Waals surface area (Å²) < 4.78 is 0. The maximum absolute atomic E-state index is 9.83. The van der Waals surface area contributed by atoms with Crippen molar-refractivity contribution >= 4 is 105 Å². The topological polar surface area (TPSA) is 343 Å². The Morgan fingerprint density at radius 1 is 0.273 bits per heavy atom. The van der Waals surface area contributed by atoms with Gasteiger partial charge in [-0.2, -0.15) is 0 Å². The summed E-state index contributed by atoms with van der Waals surface area (Å²) in [7, 11) is 0. The van der Waals surface area contributed by atoms with E-state index in [4.69, 9.17) is 0 Å². The Labute approximate surface area is 273 Å². The first-order valence-electron chi connectivity index (χ1n) is 10.9. The van der Waals surface area contributed by atoms with Crippen LogP contribution < -0.4 is 30.6 Å². The van der Waals surface area contributed by atoms with E-state index in [9.17, 15) is 88.2 Å². The second-order valence-electron chi connectivity index (χ2n) is 7.50. The largest absolute Gasteiger partial charge is 3.00 e. The van der Waals surface area contributed by atoms with Crippen LogP contribution in [0.3, 0.4) is 0 Å². The summed E-state index contributed by atoms with van der Waals surface area (Å²) in [5.74, 6) is -10.1. The predicted octanol–water partition coefficient (Wildman–Crippen LogP) is -8.47. The first-order chi connectivity index (χ1) is 18.8. The second kappa shape index (κ2) is 38.9. The molecule has 240 valence electrons. The van der Waals surface area contributed by atoms with Gasteiger partial charge in [-0.25, -0.2) is 0 Å². The van der Waals surface area contributed by atoms with E-state index in [1.165, 1.54) is 41.5 Å². The quantitative estimate of drug-likeness (QED) is 0.138. The molecule has 20 heteroatoms. The van der Waals surface area contributed by atoms with Gasteiger partial charge in [0.15, 0.2) is 0 Å². The maximum Gasteiger partial charge on any atom is 3.00 e. The normalized spacial score (nSPS) is 7.77. The van der Waals surface area contributed by atoms with Gasteiger partial charge in [-0.15, -0.1) is 0 Å². The van der Waals surface area contributed by atoms with Gasteiger partial charge < -0.3 is 59.4 Å². The molecule has 0 N–H and O–H groups in total. The van der Waals surface area contributed by atoms with Crippen molar-refractivity contribution < 1.29 is 88.2 Å². The fraction of sp³-hybridized carbons (Fsp3) is 0.500. The van der Waals surface area contributed by atoms with Crippen molar-refractivity contribution in [1.29, 1.82) is 0 Å². The fourth-order valence-corrected chi connectivity index (χ4v) is 1.22. The van der Waals surface area contributed by atoms with Gasteiger partial charge >= 0.3 is 34.7 Å². The van der Waals surface area contributed by atoms with Crippen molar-refractivity contribution in [2.75, 3.05) is 0 Å². The zero-order valence-corrected chi connectivity index (χ0v) is 27.1. The van der Waals surface area contributed by atoms with Crippen LogP contribution in [0.5, 0.6) is 0 Å². The number of aliphatic carboxylic acids is 6. The van der Waals surface area contributed by atoms with Crippen LogP contribution in [0.4, 0.5) is 0 Å². The predicted molar refractivity (Wildman–Crippen MR) is 133 cm³/mol. The number of carbonyl (C=O) groups is 12. The number of carboxylic acids is 6. The third-order valence-electron chi connectivity index (χ3n) is 2.36. The van der Waals surface area contributed by atoms with Crippen LogP contribution in [0.25, 0.3) is 0 Å². The van der Waals surface area contributed by atoms with E-state index in [2.05, 4.69) is 0 Å². The summed E-state index contributed by atoms with van der Waals surface area (Å²) in [6, 6.07) is 0. The molecular weight excluding hydrogens is 630 g/mol. The van der Waals surface area contributed by atoms with Crippen LogP contribution in [0.15, 0.2) is 0 Å². The molecule has 0 rings (SSSR count). The van der Waals surface area contributed by atoms with Gasteiger partial charge in [-0.1, -0.05) is 0 Å². The minimum atomic E-state index is -1.31. The Bertz CT molecular complexity index is 712. The van der Waals surface area contributed by atoms with Gasteiger partial charge in [0.05, 0.1) is 0 Å². The summed E-state index contributed by atoms with van der Waals surface area (Å²) in [5, 5.41) is 56.9. The second-order valence-corrected chi connectivity index (χ2v) is 7.50. The van der Waals surface area contributed by atoms with Crippen molar-refractivity contribution in [3.05, 3.63) is 0 Å². The molecule has 0 spiro atoms. The molecule has 0 aliphatic heterocycles. The van der Waals surface area contributed by atoms with Gasteiger partial charge in [-0.05, 0) is 41.5 Å². The standard InChI is InChI=1S/6C4H6O3.2Al/c6*1-3(5)2-4(6)7;;/h6*2H2,1H3,(H,6,7);;/q;;;;;;2*+3/p-6. The van der Waals surface area contributed by atoms with E-state index in [0.29, 0.717) is 0 Å². The Hall–Kier alpha value is -4.10. The number of rotatable bonds is 12. The molecule has 0 saturated heterocycles. The molecule has 0 aromatic carbocycles. The Kier molecular flexibility index (Phi) is 52.5. The average Bonchev–Trinajstić information content (AvgIpc) is 2.63. The summed E-state index contributed by atoms with van der Waals surface area (Å²) >= 11 is 0. The smallest absolute Gasteiger partial charge is 0.550 e. The Morgan fingerprint density at radius 3 is 0.341 bits per heavy atom. The SMILES string of the molecule is CC(=O)CC(=O)[O-].CC(=O)CC(=O)[O-].CC(=O)CC(=O)[O-].CC(=O)CC(=O)[O-].CC(=O)CC(=O)[O-].CC(=O)CC(=O)[O-].[Al+3].[Al+3]. The fourth-order valence-electron chi connectivity index (χ4n) is 1.22. The van der Waals surface area contributed by atoms with E-state index in [-0.39, 0.29) is 69.4 Å². The van der Waals surface area contributed by atoms with Gasteiger partial charge in [0.2, 0.25) is 0 Å². The number of ketones is 6. The molecule has 0 bridgehead atoms. The molecule has 0 atom stereocenters. The van der Waals surface area contributed by atoms with Crippen LogP contribution >= 0.6 is 0 Å². The van der Waals surface area contributed by atoms with E-state index in [1.54, 1.807) is 0 Å². The Balaban J connectivity index is -0.0000000584. The average molecular weight is 660 g/mol. The van der Waals surface area contributed by atoms with Crippen molar-refractivity contribution in [2.45, 2.75) is 80.1 Å². The summed E-state index contributed by atoms with van der Waals surface area (Å²) in [6.07, 6.45) is -2.83. The van der Waals surface area contributed by atoms with Gasteiger partial charge in [0.25, 0.3) is 0 Å².